The van der Waals surface area contributed by atoms with E-state index in [1.54, 1.807) is 0 Å². The van der Waals surface area contributed by atoms with Crippen LogP contribution in [0.3, 0.4) is 0 Å². The third-order valence-electron chi connectivity index (χ3n) is 4.27. The Morgan fingerprint density at radius 1 is 1.00 bits per heavy atom. The van der Waals surface area contributed by atoms with Crippen molar-refractivity contribution in [3.63, 3.8) is 0 Å². The van der Waals surface area contributed by atoms with E-state index in [1.807, 2.05) is 0 Å². The molecule has 0 aromatic heterocycles. The lowest BCUT2D eigenvalue weighted by molar-refractivity contribution is -0.00737. The molecule has 15 heavy (non-hydrogen) atoms. The van der Waals surface area contributed by atoms with Crippen LogP contribution in [0.2, 0.25) is 0 Å². The molecule has 2 atom stereocenters. The molecule has 2 rings (SSSR count). The predicted octanol–water partition coefficient (Wildman–Crippen LogP) is 2.60. The van der Waals surface area contributed by atoms with E-state index in [4.69, 9.17) is 4.74 Å². The molecule has 0 bridgehead atoms. The average molecular weight is 212 g/mol. The fourth-order valence-electron chi connectivity index (χ4n) is 3.35. The Morgan fingerprint density at radius 2 is 1.73 bits per heavy atom. The number of ether oxygens (including phenoxy) is 1. The first-order valence-corrected chi connectivity index (χ1v) is 6.60. The van der Waals surface area contributed by atoms with Gasteiger partial charge < -0.3 is 9.84 Å². The van der Waals surface area contributed by atoms with Crippen LogP contribution in [0.5, 0.6) is 0 Å². The van der Waals surface area contributed by atoms with Crippen LogP contribution in [0.15, 0.2) is 0 Å². The summed E-state index contributed by atoms with van der Waals surface area (Å²) in [6.07, 6.45) is 9.26. The zero-order chi connectivity index (χ0) is 10.5. The second-order valence-electron chi connectivity index (χ2n) is 5.22. The highest BCUT2D eigenvalue weighted by Gasteiger charge is 2.31. The van der Waals surface area contributed by atoms with Gasteiger partial charge >= 0.3 is 0 Å². The molecule has 0 amide bonds. The van der Waals surface area contributed by atoms with E-state index in [0.717, 1.165) is 19.1 Å². The van der Waals surface area contributed by atoms with Crippen LogP contribution in [0.25, 0.3) is 0 Å². The van der Waals surface area contributed by atoms with Gasteiger partial charge in [0.1, 0.15) is 0 Å². The smallest absolute Gasteiger partial charge is 0.0497 e. The van der Waals surface area contributed by atoms with Crippen LogP contribution >= 0.6 is 0 Å². The van der Waals surface area contributed by atoms with Crippen molar-refractivity contribution in [1.29, 1.82) is 0 Å². The Balaban J connectivity index is 1.88. The third kappa shape index (κ3) is 2.94. The molecule has 1 aliphatic heterocycles. The third-order valence-corrected chi connectivity index (χ3v) is 4.27. The van der Waals surface area contributed by atoms with Crippen molar-refractivity contribution in [1.82, 2.24) is 0 Å². The normalized spacial score (nSPS) is 31.4. The lowest BCUT2D eigenvalue weighted by Crippen LogP contribution is -2.33. The van der Waals surface area contributed by atoms with Gasteiger partial charge in [-0.2, -0.15) is 0 Å². The van der Waals surface area contributed by atoms with Gasteiger partial charge in [-0.3, -0.25) is 0 Å². The van der Waals surface area contributed by atoms with Crippen LogP contribution < -0.4 is 0 Å². The predicted molar refractivity (Wildman–Crippen MR) is 60.7 cm³/mol. The molecule has 2 fully saturated rings. The molecule has 88 valence electrons. The van der Waals surface area contributed by atoms with E-state index in [0.29, 0.717) is 18.4 Å². The van der Waals surface area contributed by atoms with Crippen molar-refractivity contribution < 1.29 is 9.84 Å². The van der Waals surface area contributed by atoms with Crippen molar-refractivity contribution in [3.8, 4) is 0 Å². The average Bonchev–Trinajstić information content (AvgIpc) is 2.33. The fraction of sp³-hybridized carbons (Fsp3) is 1.00. The van der Waals surface area contributed by atoms with Gasteiger partial charge in [0, 0.05) is 19.8 Å². The van der Waals surface area contributed by atoms with Gasteiger partial charge in [-0.25, -0.2) is 0 Å². The topological polar surface area (TPSA) is 29.5 Å². The van der Waals surface area contributed by atoms with Crippen molar-refractivity contribution in [2.24, 2.45) is 17.8 Å². The van der Waals surface area contributed by atoms with Gasteiger partial charge in [-0.1, -0.05) is 32.1 Å². The molecular formula is C13H24O2. The van der Waals surface area contributed by atoms with Gasteiger partial charge in [0.15, 0.2) is 0 Å². The summed E-state index contributed by atoms with van der Waals surface area (Å²) in [6, 6.07) is 0. The summed E-state index contributed by atoms with van der Waals surface area (Å²) >= 11 is 0. The molecule has 0 spiro atoms. The van der Waals surface area contributed by atoms with Crippen molar-refractivity contribution >= 4 is 0 Å². The molecule has 0 aromatic carbocycles. The van der Waals surface area contributed by atoms with E-state index in [-0.39, 0.29) is 0 Å². The number of hydrogen-bond donors (Lipinski definition) is 1. The second kappa shape index (κ2) is 5.86. The summed E-state index contributed by atoms with van der Waals surface area (Å²) in [5, 5.41) is 9.57. The summed E-state index contributed by atoms with van der Waals surface area (Å²) in [7, 11) is 0. The maximum atomic E-state index is 9.57. The van der Waals surface area contributed by atoms with Crippen LogP contribution in [0.1, 0.15) is 44.9 Å². The van der Waals surface area contributed by atoms with Gasteiger partial charge in [-0.05, 0) is 30.6 Å². The maximum Gasteiger partial charge on any atom is 0.0497 e. The molecule has 1 saturated heterocycles. The van der Waals surface area contributed by atoms with Gasteiger partial charge in [0.25, 0.3) is 0 Å². The van der Waals surface area contributed by atoms with E-state index in [2.05, 4.69) is 0 Å². The molecule has 1 aliphatic carbocycles. The summed E-state index contributed by atoms with van der Waals surface area (Å²) in [4.78, 5) is 0. The summed E-state index contributed by atoms with van der Waals surface area (Å²) in [6.45, 7) is 2.19. The van der Waals surface area contributed by atoms with Crippen LogP contribution in [-0.2, 0) is 4.74 Å². The highest BCUT2D eigenvalue weighted by Crippen LogP contribution is 2.36. The zero-order valence-electron chi connectivity index (χ0n) is 9.66. The highest BCUT2D eigenvalue weighted by atomic mass is 16.5. The van der Waals surface area contributed by atoms with Gasteiger partial charge in [0.2, 0.25) is 0 Å². The molecule has 2 heteroatoms. The van der Waals surface area contributed by atoms with Crippen molar-refractivity contribution in [2.45, 2.75) is 44.9 Å². The fourth-order valence-corrected chi connectivity index (χ4v) is 3.35. The van der Waals surface area contributed by atoms with Crippen LogP contribution in [0.4, 0.5) is 0 Å². The van der Waals surface area contributed by atoms with E-state index in [1.165, 1.54) is 44.9 Å². The van der Waals surface area contributed by atoms with Crippen molar-refractivity contribution in [3.05, 3.63) is 0 Å². The first kappa shape index (κ1) is 11.4. The Labute approximate surface area is 93.0 Å². The maximum absolute atomic E-state index is 9.57. The monoisotopic (exact) mass is 212 g/mol. The largest absolute Gasteiger partial charge is 0.396 e. The summed E-state index contributed by atoms with van der Waals surface area (Å²) < 4.78 is 5.54. The van der Waals surface area contributed by atoms with Crippen LogP contribution in [-0.4, -0.2) is 24.9 Å². The minimum absolute atomic E-state index is 0.374. The highest BCUT2D eigenvalue weighted by molar-refractivity contribution is 4.80. The summed E-state index contributed by atoms with van der Waals surface area (Å²) in [5.41, 5.74) is 0. The Kier molecular flexibility index (Phi) is 4.45. The molecule has 1 saturated carbocycles. The first-order valence-electron chi connectivity index (χ1n) is 6.60. The summed E-state index contributed by atoms with van der Waals surface area (Å²) in [5.74, 6) is 1.92. The van der Waals surface area contributed by atoms with Gasteiger partial charge in [0.05, 0.1) is 0 Å². The molecule has 1 heterocycles. The first-order chi connectivity index (χ1) is 7.42. The minimum Gasteiger partial charge on any atom is -0.396 e. The zero-order valence-corrected chi connectivity index (χ0v) is 9.66. The number of rotatable bonds is 3. The minimum atomic E-state index is 0.374. The Morgan fingerprint density at radius 3 is 2.33 bits per heavy atom. The standard InChI is InChI=1S/C13H24O2/c14-9-13(11-5-2-1-3-6-11)12-7-4-8-15-10-12/h11-14H,1-10H2. The molecular weight excluding hydrogens is 188 g/mol. The number of aliphatic hydroxyl groups is 1. The van der Waals surface area contributed by atoms with Crippen molar-refractivity contribution in [2.75, 3.05) is 19.8 Å². The molecule has 1 N–H and O–H groups in total. The number of aliphatic hydroxyl groups excluding tert-OH is 1. The quantitative estimate of drug-likeness (QED) is 0.779. The molecule has 2 nitrogen and oxygen atoms in total. The van der Waals surface area contributed by atoms with Crippen LogP contribution in [0, 0.1) is 17.8 Å². The lowest BCUT2D eigenvalue weighted by atomic mass is 9.73. The van der Waals surface area contributed by atoms with E-state index < -0.39 is 0 Å². The van der Waals surface area contributed by atoms with E-state index >= 15 is 0 Å². The molecule has 2 aliphatic rings. The second-order valence-corrected chi connectivity index (χ2v) is 5.22. The molecule has 0 aromatic rings. The Bertz CT molecular complexity index is 151. The Hall–Kier alpha value is -0.0800. The lowest BCUT2D eigenvalue weighted by Gasteiger charge is -2.36. The molecule has 2 unspecified atom stereocenters. The van der Waals surface area contributed by atoms with E-state index in [9.17, 15) is 5.11 Å². The SMILES string of the molecule is OCC(C1CCCCC1)C1CCCOC1. The molecule has 0 radical (unpaired) electrons. The van der Waals surface area contributed by atoms with Gasteiger partial charge in [-0.15, -0.1) is 0 Å². The number of hydrogen-bond acceptors (Lipinski definition) is 2.